The molecule has 0 aliphatic heterocycles. The number of allylic oxidation sites excluding steroid dienone is 4. The van der Waals surface area contributed by atoms with E-state index >= 15 is 0 Å². The third-order valence-electron chi connectivity index (χ3n) is 4.02. The lowest BCUT2D eigenvalue weighted by molar-refractivity contribution is 0.778. The molecule has 0 aliphatic rings. The fourth-order valence-corrected chi connectivity index (χ4v) is 3.11. The van der Waals surface area contributed by atoms with Gasteiger partial charge in [-0.1, -0.05) is 36.4 Å². The number of para-hydroxylation sites is 1. The van der Waals surface area contributed by atoms with Crippen LogP contribution < -0.4 is 5.32 Å². The van der Waals surface area contributed by atoms with E-state index in [1.54, 1.807) is 0 Å². The second-order valence-corrected chi connectivity index (χ2v) is 6.39. The number of hydrogen-bond acceptors (Lipinski definition) is 2. The van der Waals surface area contributed by atoms with E-state index in [4.69, 9.17) is 0 Å². The van der Waals surface area contributed by atoms with E-state index in [1.165, 1.54) is 27.7 Å². The zero-order valence-electron chi connectivity index (χ0n) is 14.5. The number of hydrogen-bond donors (Lipinski definition) is 1. The van der Waals surface area contributed by atoms with Crippen LogP contribution in [0.25, 0.3) is 17.0 Å². The third kappa shape index (κ3) is 4.11. The Balaban J connectivity index is 2.44. The molecule has 0 saturated heterocycles. The molecule has 1 heterocycles. The van der Waals surface area contributed by atoms with Crippen LogP contribution in [0, 0.1) is 6.92 Å². The summed E-state index contributed by atoms with van der Waals surface area (Å²) in [5.74, 6) is 1.13. The first-order valence-corrected chi connectivity index (χ1v) is 9.37. The van der Waals surface area contributed by atoms with Gasteiger partial charge in [0.2, 0.25) is 0 Å². The standard InChI is InChI=1S/C20H26N2S/c1-5-17(12-13-21-3)10-11-18-16(2)22(14-15-23-4)20-9-7-6-8-19(18)20/h5-13,21H,14-15H2,1-4H3/b11-10+,13-12-,17-5-. The molecule has 2 nitrogen and oxygen atoms in total. The summed E-state index contributed by atoms with van der Waals surface area (Å²) < 4.78 is 2.43. The lowest BCUT2D eigenvalue weighted by atomic mass is 10.1. The van der Waals surface area contributed by atoms with Crippen molar-refractivity contribution in [1.29, 1.82) is 0 Å². The SMILES string of the molecule is C/C=C(\C=C/NC)/C=C/c1c(C)n(CCSC)c2ccccc12. The van der Waals surface area contributed by atoms with Gasteiger partial charge in [0.05, 0.1) is 0 Å². The number of aromatic nitrogens is 1. The minimum atomic E-state index is 1.05. The summed E-state index contributed by atoms with van der Waals surface area (Å²) in [5, 5.41) is 4.37. The highest BCUT2D eigenvalue weighted by molar-refractivity contribution is 7.98. The Morgan fingerprint density at radius 3 is 2.74 bits per heavy atom. The summed E-state index contributed by atoms with van der Waals surface area (Å²) in [6, 6.07) is 8.68. The van der Waals surface area contributed by atoms with E-state index in [-0.39, 0.29) is 0 Å². The molecule has 0 amide bonds. The molecule has 0 atom stereocenters. The first kappa shape index (κ1) is 17.5. The molecule has 3 heteroatoms. The van der Waals surface area contributed by atoms with Crippen LogP contribution in [0.1, 0.15) is 18.2 Å². The van der Waals surface area contributed by atoms with Crippen molar-refractivity contribution < 1.29 is 0 Å². The first-order valence-electron chi connectivity index (χ1n) is 7.98. The fourth-order valence-electron chi connectivity index (χ4n) is 2.75. The quantitative estimate of drug-likeness (QED) is 0.721. The summed E-state index contributed by atoms with van der Waals surface area (Å²) in [7, 11) is 1.91. The maximum Gasteiger partial charge on any atom is 0.0488 e. The van der Waals surface area contributed by atoms with E-state index in [0.717, 1.165) is 12.3 Å². The Bertz CT molecular complexity index is 735. The average Bonchev–Trinajstić information content (AvgIpc) is 2.85. The molecule has 0 bridgehead atoms. The van der Waals surface area contributed by atoms with Crippen LogP contribution >= 0.6 is 11.8 Å². The van der Waals surface area contributed by atoms with Gasteiger partial charge in [0.1, 0.15) is 0 Å². The van der Waals surface area contributed by atoms with Crippen LogP contribution in [0.15, 0.2) is 54.3 Å². The molecule has 0 saturated carbocycles. The average molecular weight is 327 g/mol. The van der Waals surface area contributed by atoms with Gasteiger partial charge in [0, 0.05) is 41.5 Å². The molecular weight excluding hydrogens is 300 g/mol. The van der Waals surface area contributed by atoms with Crippen molar-refractivity contribution in [3.8, 4) is 0 Å². The normalized spacial score (nSPS) is 12.8. The summed E-state index contributed by atoms with van der Waals surface area (Å²) in [5.41, 5.74) is 5.18. The predicted molar refractivity (Wildman–Crippen MR) is 106 cm³/mol. The van der Waals surface area contributed by atoms with Gasteiger partial charge in [-0.25, -0.2) is 0 Å². The van der Waals surface area contributed by atoms with Crippen molar-refractivity contribution in [2.45, 2.75) is 20.4 Å². The number of nitrogens with one attached hydrogen (secondary N) is 1. The molecule has 1 aromatic carbocycles. The van der Waals surface area contributed by atoms with Gasteiger partial charge in [-0.05, 0) is 44.0 Å². The van der Waals surface area contributed by atoms with Gasteiger partial charge >= 0.3 is 0 Å². The molecule has 122 valence electrons. The van der Waals surface area contributed by atoms with Gasteiger partial charge in [-0.15, -0.1) is 0 Å². The second-order valence-electron chi connectivity index (χ2n) is 5.40. The Morgan fingerprint density at radius 1 is 1.26 bits per heavy atom. The van der Waals surface area contributed by atoms with Crippen LogP contribution in [-0.2, 0) is 6.54 Å². The maximum absolute atomic E-state index is 3.04. The van der Waals surface area contributed by atoms with Crippen LogP contribution in [0.3, 0.4) is 0 Å². The third-order valence-corrected chi connectivity index (χ3v) is 4.61. The summed E-state index contributed by atoms with van der Waals surface area (Å²) >= 11 is 1.89. The highest BCUT2D eigenvalue weighted by atomic mass is 32.2. The Hall–Kier alpha value is -1.87. The van der Waals surface area contributed by atoms with E-state index in [9.17, 15) is 0 Å². The number of benzene rings is 1. The minimum absolute atomic E-state index is 1.05. The molecule has 23 heavy (non-hydrogen) atoms. The molecule has 2 rings (SSSR count). The molecule has 0 radical (unpaired) electrons. The minimum Gasteiger partial charge on any atom is -0.394 e. The largest absolute Gasteiger partial charge is 0.394 e. The van der Waals surface area contributed by atoms with E-state index in [0.29, 0.717) is 0 Å². The lowest BCUT2D eigenvalue weighted by Crippen LogP contribution is -2.02. The predicted octanol–water partition coefficient (Wildman–Crippen LogP) is 5.01. The van der Waals surface area contributed by atoms with Crippen molar-refractivity contribution in [2.24, 2.45) is 0 Å². The van der Waals surface area contributed by atoms with E-state index < -0.39 is 0 Å². The van der Waals surface area contributed by atoms with Crippen molar-refractivity contribution >= 4 is 28.7 Å². The molecule has 0 fully saturated rings. The lowest BCUT2D eigenvalue weighted by Gasteiger charge is -2.06. The molecule has 0 spiro atoms. The molecule has 0 aliphatic carbocycles. The molecule has 1 aromatic heterocycles. The topological polar surface area (TPSA) is 17.0 Å². The number of aryl methyl sites for hydroxylation is 1. The van der Waals surface area contributed by atoms with Gasteiger partial charge in [0.15, 0.2) is 0 Å². The Kier molecular flexibility index (Phi) is 6.60. The van der Waals surface area contributed by atoms with Gasteiger partial charge in [-0.2, -0.15) is 11.8 Å². The van der Waals surface area contributed by atoms with E-state index in [2.05, 4.69) is 78.6 Å². The van der Waals surface area contributed by atoms with Crippen LogP contribution in [0.2, 0.25) is 0 Å². The second kappa shape index (κ2) is 8.68. The molecule has 1 N–H and O–H groups in total. The summed E-state index contributed by atoms with van der Waals surface area (Å²) in [4.78, 5) is 0. The Morgan fingerprint density at radius 2 is 2.04 bits per heavy atom. The summed E-state index contributed by atoms with van der Waals surface area (Å²) in [6.45, 7) is 5.34. The van der Waals surface area contributed by atoms with Crippen molar-refractivity contribution in [1.82, 2.24) is 9.88 Å². The molecule has 2 aromatic rings. The number of fused-ring (bicyclic) bond motifs is 1. The fraction of sp³-hybridized carbons (Fsp3) is 0.300. The monoisotopic (exact) mass is 326 g/mol. The number of nitrogens with zero attached hydrogens (tertiary/aromatic N) is 1. The smallest absolute Gasteiger partial charge is 0.0488 e. The van der Waals surface area contributed by atoms with Crippen molar-refractivity contribution in [2.75, 3.05) is 19.1 Å². The molecule has 0 unspecified atom stereocenters. The van der Waals surface area contributed by atoms with E-state index in [1.807, 2.05) is 25.0 Å². The van der Waals surface area contributed by atoms with Crippen molar-refractivity contribution in [3.05, 3.63) is 65.5 Å². The van der Waals surface area contributed by atoms with Crippen LogP contribution in [0.4, 0.5) is 0 Å². The van der Waals surface area contributed by atoms with Gasteiger partial charge in [-0.3, -0.25) is 0 Å². The maximum atomic E-state index is 3.04. The van der Waals surface area contributed by atoms with Gasteiger partial charge < -0.3 is 9.88 Å². The zero-order valence-corrected chi connectivity index (χ0v) is 15.3. The highest BCUT2D eigenvalue weighted by Crippen LogP contribution is 2.27. The zero-order chi connectivity index (χ0) is 16.7. The first-order chi connectivity index (χ1) is 11.2. The van der Waals surface area contributed by atoms with Crippen LogP contribution in [-0.4, -0.2) is 23.6 Å². The van der Waals surface area contributed by atoms with Gasteiger partial charge in [0.25, 0.3) is 0 Å². The highest BCUT2D eigenvalue weighted by Gasteiger charge is 2.11. The summed E-state index contributed by atoms with van der Waals surface area (Å²) in [6.07, 6.45) is 12.7. The molecular formula is C20H26N2S. The number of thioether (sulfide) groups is 1. The number of rotatable bonds is 7. The Labute approximate surface area is 144 Å². The van der Waals surface area contributed by atoms with Crippen molar-refractivity contribution in [3.63, 3.8) is 0 Å². The van der Waals surface area contributed by atoms with Crippen LogP contribution in [0.5, 0.6) is 0 Å².